The number of pyridine rings is 1. The Hall–Kier alpha value is -4.21. The monoisotopic (exact) mass is 600 g/mol. The zero-order valence-corrected chi connectivity index (χ0v) is 25.2. The number of imidazole rings is 1. The van der Waals surface area contributed by atoms with Crippen molar-refractivity contribution in [3.8, 4) is 5.75 Å². The molecule has 3 aromatic heterocycles. The fourth-order valence-electron chi connectivity index (χ4n) is 5.20. The van der Waals surface area contributed by atoms with Crippen LogP contribution in [0, 0.1) is 19.8 Å². The van der Waals surface area contributed by atoms with E-state index in [0.717, 1.165) is 16.7 Å². The number of hydrogen-bond acceptors (Lipinski definition) is 7. The third-order valence-corrected chi connectivity index (χ3v) is 8.69. The minimum Gasteiger partial charge on any atom is -0.505 e. The number of ketones is 1. The Kier molecular flexibility index (Phi) is 7.24. The van der Waals surface area contributed by atoms with Gasteiger partial charge in [-0.1, -0.05) is 55.0 Å². The number of anilines is 1. The number of nitrogens with zero attached hydrogens (tertiary/aromatic N) is 4. The van der Waals surface area contributed by atoms with Gasteiger partial charge in [0.25, 0.3) is 5.78 Å². The molecule has 0 spiro atoms. The molecule has 2 aromatic carbocycles. The summed E-state index contributed by atoms with van der Waals surface area (Å²) in [6.45, 7) is 8.52. The molecule has 5 aromatic rings. The fourth-order valence-corrected chi connectivity index (χ4v) is 6.46. The number of benzene rings is 2. The van der Waals surface area contributed by atoms with Crippen molar-refractivity contribution in [2.24, 2.45) is 5.92 Å². The highest BCUT2D eigenvalue weighted by Gasteiger charge is 2.48. The van der Waals surface area contributed by atoms with Gasteiger partial charge in [-0.15, -0.1) is 0 Å². The summed E-state index contributed by atoms with van der Waals surface area (Å²) in [6, 6.07) is 15.4. The van der Waals surface area contributed by atoms with Gasteiger partial charge >= 0.3 is 5.91 Å². The van der Waals surface area contributed by atoms with Gasteiger partial charge in [-0.2, -0.15) is 0 Å². The minimum absolute atomic E-state index is 0.0548. The number of amides is 1. The normalized spacial score (nSPS) is 16.8. The van der Waals surface area contributed by atoms with Crippen LogP contribution in [0.4, 0.5) is 5.13 Å². The first-order valence-electron chi connectivity index (χ1n) is 13.7. The number of aryl methyl sites for hydroxylation is 2. The number of ether oxygens (including phenoxy) is 1. The van der Waals surface area contributed by atoms with Crippen LogP contribution in [0.2, 0.25) is 5.02 Å². The predicted molar refractivity (Wildman–Crippen MR) is 165 cm³/mol. The van der Waals surface area contributed by atoms with Gasteiger partial charge in [0.2, 0.25) is 0 Å². The van der Waals surface area contributed by atoms with Crippen molar-refractivity contribution in [1.82, 2.24) is 14.4 Å². The summed E-state index contributed by atoms with van der Waals surface area (Å²) in [5.41, 5.74) is 3.66. The van der Waals surface area contributed by atoms with Gasteiger partial charge in [0, 0.05) is 11.2 Å². The molecule has 1 N–H and O–H groups in total. The lowest BCUT2D eigenvalue weighted by molar-refractivity contribution is -0.132. The summed E-state index contributed by atoms with van der Waals surface area (Å²) in [4.78, 5) is 38.2. The van der Waals surface area contributed by atoms with Crippen molar-refractivity contribution in [1.29, 1.82) is 0 Å². The van der Waals surface area contributed by atoms with Crippen molar-refractivity contribution in [2.75, 3.05) is 11.5 Å². The van der Waals surface area contributed by atoms with Crippen LogP contribution in [0.25, 0.3) is 21.6 Å². The molecule has 1 aliphatic rings. The summed E-state index contributed by atoms with van der Waals surface area (Å²) in [5, 5.41) is 12.6. The largest absolute Gasteiger partial charge is 0.505 e. The molecule has 0 aliphatic carbocycles. The average Bonchev–Trinajstić information content (AvgIpc) is 3.60. The summed E-state index contributed by atoms with van der Waals surface area (Å²) < 4.78 is 8.65. The Balaban J connectivity index is 1.54. The third kappa shape index (κ3) is 4.82. The van der Waals surface area contributed by atoms with Gasteiger partial charge in [-0.25, -0.2) is 9.97 Å². The van der Waals surface area contributed by atoms with Crippen molar-refractivity contribution in [3.63, 3.8) is 0 Å². The van der Waals surface area contributed by atoms with Gasteiger partial charge in [0.1, 0.15) is 17.1 Å². The summed E-state index contributed by atoms with van der Waals surface area (Å²) in [7, 11) is 0. The number of thiazole rings is 1. The number of carbonyl (C=O) groups is 2. The Labute approximate surface area is 251 Å². The van der Waals surface area contributed by atoms with Crippen LogP contribution < -0.4 is 9.64 Å². The SMILES string of the molecule is Cc1cccn2c(C)c(C(O)=C3C(=O)C(=O)N(c4nc5ccc(Cl)cc5s4)C3c3cccc(OCCC(C)C)c3)nc12. The highest BCUT2D eigenvalue weighted by Crippen LogP contribution is 2.45. The molecule has 10 heteroatoms. The zero-order chi connectivity index (χ0) is 29.7. The van der Waals surface area contributed by atoms with Crippen molar-refractivity contribution >= 4 is 61.4 Å². The number of aliphatic hydroxyl groups is 1. The first kappa shape index (κ1) is 27.9. The number of halogens is 1. The van der Waals surface area contributed by atoms with Crippen LogP contribution in [-0.2, 0) is 9.59 Å². The summed E-state index contributed by atoms with van der Waals surface area (Å²) >= 11 is 7.47. The van der Waals surface area contributed by atoms with Crippen LogP contribution in [0.3, 0.4) is 0 Å². The highest BCUT2D eigenvalue weighted by molar-refractivity contribution is 7.22. The molecule has 1 atom stereocenters. The molecule has 4 heterocycles. The molecule has 1 aliphatic heterocycles. The number of aliphatic hydroxyl groups excluding tert-OH is 1. The quantitative estimate of drug-likeness (QED) is 0.120. The lowest BCUT2D eigenvalue weighted by Crippen LogP contribution is -2.29. The number of aromatic nitrogens is 3. The maximum atomic E-state index is 13.8. The van der Waals surface area contributed by atoms with Crippen LogP contribution >= 0.6 is 22.9 Å². The first-order valence-corrected chi connectivity index (χ1v) is 14.9. The van der Waals surface area contributed by atoms with E-state index < -0.39 is 17.7 Å². The molecule has 8 nitrogen and oxygen atoms in total. The van der Waals surface area contributed by atoms with E-state index in [0.29, 0.717) is 50.8 Å². The molecule has 0 radical (unpaired) electrons. The molecule has 214 valence electrons. The fraction of sp³-hybridized carbons (Fsp3) is 0.250. The number of rotatable bonds is 7. The Morgan fingerprint density at radius 3 is 2.67 bits per heavy atom. The van der Waals surface area contributed by atoms with Crippen molar-refractivity contribution < 1.29 is 19.4 Å². The molecular formula is C32H29ClN4O4S. The molecule has 1 amide bonds. The Morgan fingerprint density at radius 1 is 1.10 bits per heavy atom. The van der Waals surface area contributed by atoms with Gasteiger partial charge in [-0.3, -0.25) is 14.5 Å². The van der Waals surface area contributed by atoms with Crippen LogP contribution in [0.1, 0.15) is 48.8 Å². The topological polar surface area (TPSA) is 97.0 Å². The number of Topliss-reactive ketones (excluding diaryl/α,β-unsaturated/α-hetero) is 1. The number of fused-ring (bicyclic) bond motifs is 2. The van der Waals surface area contributed by atoms with E-state index in [1.807, 2.05) is 60.8 Å². The van der Waals surface area contributed by atoms with E-state index >= 15 is 0 Å². The predicted octanol–water partition coefficient (Wildman–Crippen LogP) is 7.27. The second-order valence-corrected chi connectivity index (χ2v) is 12.3. The van der Waals surface area contributed by atoms with Crippen molar-refractivity contribution in [2.45, 2.75) is 40.2 Å². The first-order chi connectivity index (χ1) is 20.1. The van der Waals surface area contributed by atoms with Gasteiger partial charge in [0.05, 0.1) is 34.1 Å². The van der Waals surface area contributed by atoms with Crippen LogP contribution in [0.5, 0.6) is 5.75 Å². The smallest absolute Gasteiger partial charge is 0.301 e. The lowest BCUT2D eigenvalue weighted by atomic mass is 9.96. The molecule has 0 saturated carbocycles. The van der Waals surface area contributed by atoms with E-state index in [1.54, 1.807) is 18.2 Å². The molecule has 6 rings (SSSR count). The van der Waals surface area contributed by atoms with Crippen LogP contribution in [0.15, 0.2) is 66.4 Å². The highest BCUT2D eigenvalue weighted by atomic mass is 35.5. The van der Waals surface area contributed by atoms with E-state index in [1.165, 1.54) is 16.2 Å². The standard InChI is InChI=1S/C32H29ClN4O4S/c1-17(2)12-14-41-22-9-5-8-20(15-22)27-25(28(38)26-19(4)36-13-6-7-18(3)30(36)35-26)29(39)31(40)37(27)32-34-23-11-10-21(33)16-24(23)42-32/h5-11,13,15-17,27,38H,12,14H2,1-4H3. The molecular weight excluding hydrogens is 572 g/mol. The van der Waals surface area contributed by atoms with Gasteiger partial charge < -0.3 is 14.2 Å². The van der Waals surface area contributed by atoms with E-state index in [-0.39, 0.29) is 17.0 Å². The van der Waals surface area contributed by atoms with Gasteiger partial charge in [0.15, 0.2) is 10.9 Å². The third-order valence-electron chi connectivity index (χ3n) is 7.44. The molecule has 1 saturated heterocycles. The Morgan fingerprint density at radius 2 is 1.90 bits per heavy atom. The lowest BCUT2D eigenvalue weighted by Gasteiger charge is -2.23. The summed E-state index contributed by atoms with van der Waals surface area (Å²) in [5.74, 6) is -0.847. The molecule has 42 heavy (non-hydrogen) atoms. The molecule has 0 bridgehead atoms. The second-order valence-electron chi connectivity index (χ2n) is 10.8. The van der Waals surface area contributed by atoms with E-state index in [4.69, 9.17) is 16.3 Å². The van der Waals surface area contributed by atoms with Gasteiger partial charge in [-0.05, 0) is 73.7 Å². The van der Waals surface area contributed by atoms with E-state index in [2.05, 4.69) is 23.8 Å². The zero-order valence-electron chi connectivity index (χ0n) is 23.6. The minimum atomic E-state index is -0.958. The number of carbonyl (C=O) groups excluding carboxylic acids is 2. The van der Waals surface area contributed by atoms with Crippen molar-refractivity contribution in [3.05, 3.63) is 93.9 Å². The van der Waals surface area contributed by atoms with Crippen LogP contribution in [-0.4, -0.2) is 37.8 Å². The second kappa shape index (κ2) is 10.9. The Bertz CT molecular complexity index is 1910. The maximum Gasteiger partial charge on any atom is 0.301 e. The summed E-state index contributed by atoms with van der Waals surface area (Å²) in [6.07, 6.45) is 2.73. The number of hydrogen-bond donors (Lipinski definition) is 1. The molecule has 1 fully saturated rings. The molecule has 1 unspecified atom stereocenters. The average molecular weight is 601 g/mol. The van der Waals surface area contributed by atoms with E-state index in [9.17, 15) is 14.7 Å². The maximum absolute atomic E-state index is 13.8.